The minimum atomic E-state index is -4.75. The van der Waals surface area contributed by atoms with Crippen molar-refractivity contribution in [2.45, 2.75) is 51.8 Å². The van der Waals surface area contributed by atoms with Gasteiger partial charge in [-0.15, -0.1) is 13.2 Å². The Morgan fingerprint density at radius 2 is 1.88 bits per heavy atom. The Balaban J connectivity index is 1.63. The number of nitrogens with zero attached hydrogens (tertiary/aromatic N) is 3. The molecule has 1 saturated heterocycles. The van der Waals surface area contributed by atoms with E-state index in [0.29, 0.717) is 18.5 Å². The molecule has 0 aliphatic carbocycles. The highest BCUT2D eigenvalue weighted by atomic mass is 19.4. The maximum atomic E-state index is 12.9. The molecule has 0 radical (unpaired) electrons. The van der Waals surface area contributed by atoms with Crippen LogP contribution in [0.1, 0.15) is 31.5 Å². The Hall–Kier alpha value is -3.14. The van der Waals surface area contributed by atoms with Gasteiger partial charge in [-0.05, 0) is 50.1 Å². The summed E-state index contributed by atoms with van der Waals surface area (Å²) in [7, 11) is 0. The van der Waals surface area contributed by atoms with E-state index < -0.39 is 12.5 Å². The average Bonchev–Trinajstić information content (AvgIpc) is 2.95. The highest BCUT2D eigenvalue weighted by molar-refractivity contribution is 5.85. The van der Waals surface area contributed by atoms with Crippen molar-refractivity contribution in [3.8, 4) is 5.75 Å². The molecule has 3 rings (SSSR count). The number of aryl methyl sites for hydroxylation is 1. The first-order valence-corrected chi connectivity index (χ1v) is 11.0. The Morgan fingerprint density at radius 3 is 2.50 bits per heavy atom. The lowest BCUT2D eigenvalue weighted by molar-refractivity contribution is -0.274. The van der Waals surface area contributed by atoms with Crippen molar-refractivity contribution in [3.63, 3.8) is 0 Å². The SMILES string of the molecule is CC(C)N1C[C@H](OCc2ccc(OC(F)(F)F)cc2)CN(C(=O)CCc2ccccn2)CC1=O. The average molecular weight is 479 g/mol. The van der Waals surface area contributed by atoms with Gasteiger partial charge in [0.25, 0.3) is 0 Å². The van der Waals surface area contributed by atoms with Crippen LogP contribution in [0, 0.1) is 0 Å². The zero-order valence-corrected chi connectivity index (χ0v) is 19.1. The number of benzene rings is 1. The van der Waals surface area contributed by atoms with E-state index in [2.05, 4.69) is 9.72 Å². The number of aromatic nitrogens is 1. The highest BCUT2D eigenvalue weighted by Crippen LogP contribution is 2.23. The molecule has 1 aliphatic heterocycles. The van der Waals surface area contributed by atoms with Crippen LogP contribution in [0.4, 0.5) is 13.2 Å². The summed E-state index contributed by atoms with van der Waals surface area (Å²) in [5.74, 6) is -0.625. The van der Waals surface area contributed by atoms with Crippen molar-refractivity contribution in [3.05, 3.63) is 59.9 Å². The van der Waals surface area contributed by atoms with E-state index in [0.717, 1.165) is 5.69 Å². The maximum absolute atomic E-state index is 12.9. The molecule has 2 heterocycles. The van der Waals surface area contributed by atoms with E-state index in [9.17, 15) is 22.8 Å². The van der Waals surface area contributed by atoms with Crippen LogP contribution in [-0.4, -0.2) is 64.7 Å². The summed E-state index contributed by atoms with van der Waals surface area (Å²) in [5, 5.41) is 0. The van der Waals surface area contributed by atoms with Crippen LogP contribution in [0.3, 0.4) is 0 Å². The standard InChI is InChI=1S/C24H28F3N3O4/c1-17(2)30-14-21(33-16-18-6-9-20(10-7-18)34-24(25,26)27)13-29(15-23(30)32)22(31)11-8-19-5-3-4-12-28-19/h3-7,9-10,12,17,21H,8,11,13-16H2,1-2H3/t21-/m1/s1. The predicted molar refractivity (Wildman–Crippen MR) is 118 cm³/mol. The van der Waals surface area contributed by atoms with Crippen molar-refractivity contribution < 1.29 is 32.2 Å². The topological polar surface area (TPSA) is 72.0 Å². The van der Waals surface area contributed by atoms with Gasteiger partial charge in [0.1, 0.15) is 5.75 Å². The number of pyridine rings is 1. The molecule has 1 fully saturated rings. The van der Waals surface area contributed by atoms with E-state index in [1.165, 1.54) is 29.2 Å². The molecule has 1 aliphatic rings. The van der Waals surface area contributed by atoms with Crippen LogP contribution >= 0.6 is 0 Å². The summed E-state index contributed by atoms with van der Waals surface area (Å²) < 4.78 is 46.9. The molecule has 0 bridgehead atoms. The molecule has 34 heavy (non-hydrogen) atoms. The van der Waals surface area contributed by atoms with Crippen molar-refractivity contribution >= 4 is 11.8 Å². The fraction of sp³-hybridized carbons (Fsp3) is 0.458. The summed E-state index contributed by atoms with van der Waals surface area (Å²) in [6, 6.07) is 10.8. The third-order valence-corrected chi connectivity index (χ3v) is 5.41. The first kappa shape index (κ1) is 25.5. The van der Waals surface area contributed by atoms with Gasteiger partial charge in [0, 0.05) is 37.4 Å². The zero-order chi connectivity index (χ0) is 24.7. The normalized spacial score (nSPS) is 17.1. The van der Waals surface area contributed by atoms with Crippen molar-refractivity contribution in [2.75, 3.05) is 19.6 Å². The fourth-order valence-electron chi connectivity index (χ4n) is 3.68. The molecular weight excluding hydrogens is 451 g/mol. The number of hydrogen-bond acceptors (Lipinski definition) is 5. The molecule has 7 nitrogen and oxygen atoms in total. The minimum absolute atomic E-state index is 0.0252. The summed E-state index contributed by atoms with van der Waals surface area (Å²) in [6.07, 6.45) is -2.84. The maximum Gasteiger partial charge on any atom is 0.573 e. The molecule has 0 spiro atoms. The predicted octanol–water partition coefficient (Wildman–Crippen LogP) is 3.58. The Kier molecular flexibility index (Phi) is 8.49. The van der Waals surface area contributed by atoms with Crippen LogP contribution in [0.25, 0.3) is 0 Å². The quantitative estimate of drug-likeness (QED) is 0.579. The van der Waals surface area contributed by atoms with E-state index >= 15 is 0 Å². The first-order valence-electron chi connectivity index (χ1n) is 11.0. The fourth-order valence-corrected chi connectivity index (χ4v) is 3.68. The number of halogens is 3. The van der Waals surface area contributed by atoms with Gasteiger partial charge in [0.15, 0.2) is 0 Å². The summed E-state index contributed by atoms with van der Waals surface area (Å²) >= 11 is 0. The zero-order valence-electron chi connectivity index (χ0n) is 19.1. The van der Waals surface area contributed by atoms with Crippen molar-refractivity contribution in [1.29, 1.82) is 0 Å². The highest BCUT2D eigenvalue weighted by Gasteiger charge is 2.32. The number of ether oxygens (including phenoxy) is 2. The van der Waals surface area contributed by atoms with Crippen LogP contribution in [0.2, 0.25) is 0 Å². The van der Waals surface area contributed by atoms with Crippen LogP contribution in [0.5, 0.6) is 5.75 Å². The molecule has 184 valence electrons. The lowest BCUT2D eigenvalue weighted by Gasteiger charge is -2.27. The number of amides is 2. The van der Waals surface area contributed by atoms with Gasteiger partial charge < -0.3 is 19.3 Å². The third-order valence-electron chi connectivity index (χ3n) is 5.41. The molecule has 0 saturated carbocycles. The second-order valence-electron chi connectivity index (χ2n) is 8.36. The van der Waals surface area contributed by atoms with Gasteiger partial charge in [-0.1, -0.05) is 18.2 Å². The van der Waals surface area contributed by atoms with E-state index in [1.807, 2.05) is 26.0 Å². The Bertz CT molecular complexity index is 952. The van der Waals surface area contributed by atoms with Gasteiger partial charge in [-0.25, -0.2) is 0 Å². The van der Waals surface area contributed by atoms with Crippen molar-refractivity contribution in [1.82, 2.24) is 14.8 Å². The van der Waals surface area contributed by atoms with Gasteiger partial charge >= 0.3 is 6.36 Å². The second-order valence-corrected chi connectivity index (χ2v) is 8.36. The number of hydrogen-bond donors (Lipinski definition) is 0. The minimum Gasteiger partial charge on any atom is -0.406 e. The van der Waals surface area contributed by atoms with E-state index in [1.54, 1.807) is 17.2 Å². The summed E-state index contributed by atoms with van der Waals surface area (Å²) in [5.41, 5.74) is 1.45. The first-order chi connectivity index (χ1) is 16.1. The smallest absolute Gasteiger partial charge is 0.406 e. The summed E-state index contributed by atoms with van der Waals surface area (Å²) in [4.78, 5) is 33.1. The molecule has 2 aromatic rings. The van der Waals surface area contributed by atoms with Gasteiger partial charge in [-0.2, -0.15) is 0 Å². The number of carbonyl (C=O) groups is 2. The number of carbonyl (C=O) groups excluding carboxylic acids is 2. The molecule has 2 amide bonds. The molecule has 1 aromatic carbocycles. The Morgan fingerprint density at radius 1 is 1.15 bits per heavy atom. The lowest BCUT2D eigenvalue weighted by Crippen LogP contribution is -2.42. The largest absolute Gasteiger partial charge is 0.573 e. The van der Waals surface area contributed by atoms with Gasteiger partial charge in [0.2, 0.25) is 11.8 Å². The van der Waals surface area contributed by atoms with Crippen LogP contribution < -0.4 is 4.74 Å². The molecule has 1 atom stereocenters. The molecule has 10 heteroatoms. The monoisotopic (exact) mass is 479 g/mol. The van der Waals surface area contributed by atoms with E-state index in [4.69, 9.17) is 4.74 Å². The van der Waals surface area contributed by atoms with Gasteiger partial charge in [-0.3, -0.25) is 14.6 Å². The van der Waals surface area contributed by atoms with E-state index in [-0.39, 0.29) is 49.7 Å². The van der Waals surface area contributed by atoms with Crippen LogP contribution in [-0.2, 0) is 27.4 Å². The van der Waals surface area contributed by atoms with Gasteiger partial charge in [0.05, 0.1) is 19.3 Å². The molecule has 1 aromatic heterocycles. The van der Waals surface area contributed by atoms with Crippen molar-refractivity contribution in [2.24, 2.45) is 0 Å². The molecule has 0 N–H and O–H groups in total. The van der Waals surface area contributed by atoms with Crippen LogP contribution in [0.15, 0.2) is 48.7 Å². The molecule has 0 unspecified atom stereocenters. The Labute approximate surface area is 196 Å². The third kappa shape index (κ3) is 7.72. The number of alkyl halides is 3. The number of rotatable bonds is 8. The lowest BCUT2D eigenvalue weighted by atomic mass is 10.2. The summed E-state index contributed by atoms with van der Waals surface area (Å²) in [6.45, 7) is 4.44. The second kappa shape index (κ2) is 11.3. The molecular formula is C24H28F3N3O4.